The zero-order valence-electron chi connectivity index (χ0n) is 9.52. The van der Waals surface area contributed by atoms with Crippen LogP contribution in [0.5, 0.6) is 0 Å². The Morgan fingerprint density at radius 1 is 1.59 bits per heavy atom. The van der Waals surface area contributed by atoms with Crippen LogP contribution in [0.3, 0.4) is 0 Å². The molecule has 0 aliphatic carbocycles. The first-order valence-electron chi connectivity index (χ1n) is 5.22. The van der Waals surface area contributed by atoms with E-state index in [4.69, 9.17) is 32.4 Å². The van der Waals surface area contributed by atoms with Crippen LogP contribution in [-0.2, 0) is 9.53 Å². The molecular weight excluding hydrogens is 265 g/mol. The van der Waals surface area contributed by atoms with Crippen LogP contribution < -0.4 is 0 Å². The van der Waals surface area contributed by atoms with Crippen molar-refractivity contribution in [2.75, 3.05) is 6.61 Å². The van der Waals surface area contributed by atoms with E-state index in [1.807, 2.05) is 0 Å². The number of nitrogens with zero attached hydrogens (tertiary/aromatic N) is 1. The summed E-state index contributed by atoms with van der Waals surface area (Å²) < 4.78 is 10.9. The minimum absolute atomic E-state index is 0.285. The van der Waals surface area contributed by atoms with E-state index in [9.17, 15) is 4.79 Å². The fourth-order valence-corrected chi connectivity index (χ4v) is 2.23. The number of amides is 1. The highest BCUT2D eigenvalue weighted by atomic mass is 35.5. The molecule has 0 radical (unpaired) electrons. The lowest BCUT2D eigenvalue weighted by Gasteiger charge is -2.33. The van der Waals surface area contributed by atoms with Crippen LogP contribution in [0.4, 0.5) is 0 Å². The van der Waals surface area contributed by atoms with Crippen molar-refractivity contribution >= 4 is 29.1 Å². The average Bonchev–Trinajstić information content (AvgIpc) is 2.83. The molecule has 1 saturated heterocycles. The fourth-order valence-electron chi connectivity index (χ4n) is 2.02. The minimum Gasteiger partial charge on any atom is -0.467 e. The van der Waals surface area contributed by atoms with Crippen LogP contribution >= 0.6 is 23.2 Å². The lowest BCUT2D eigenvalue weighted by Crippen LogP contribution is -2.46. The summed E-state index contributed by atoms with van der Waals surface area (Å²) in [6, 6.07) is 3.28. The molecule has 0 N–H and O–H groups in total. The zero-order chi connectivity index (χ0) is 12.6. The standard InChI is InChI=1S/C11H13Cl2NO3/c1-11(2)14(10(15)9(12)13)7(6-17-11)8-4-3-5-16-8/h3-5,7,9H,6H2,1-2H3. The Morgan fingerprint density at radius 2 is 2.29 bits per heavy atom. The first-order chi connectivity index (χ1) is 7.93. The van der Waals surface area contributed by atoms with E-state index in [1.54, 1.807) is 32.2 Å². The molecule has 1 aliphatic heterocycles. The molecule has 1 atom stereocenters. The summed E-state index contributed by atoms with van der Waals surface area (Å²) in [5.41, 5.74) is -0.740. The van der Waals surface area contributed by atoms with Crippen LogP contribution in [0.2, 0.25) is 0 Å². The molecule has 1 aromatic rings. The van der Waals surface area contributed by atoms with Gasteiger partial charge in [0.05, 0.1) is 12.9 Å². The molecule has 2 rings (SSSR count). The second kappa shape index (κ2) is 4.52. The van der Waals surface area contributed by atoms with Gasteiger partial charge in [-0.2, -0.15) is 0 Å². The number of rotatable bonds is 2. The normalized spacial score (nSPS) is 23.4. The molecule has 17 heavy (non-hydrogen) atoms. The Labute approximate surface area is 109 Å². The largest absolute Gasteiger partial charge is 0.467 e. The predicted octanol–water partition coefficient (Wildman–Crippen LogP) is 2.72. The summed E-state index contributed by atoms with van der Waals surface area (Å²) in [6.45, 7) is 3.96. The Kier molecular flexibility index (Phi) is 3.39. The molecule has 0 aromatic carbocycles. The van der Waals surface area contributed by atoms with Crippen LogP contribution in [0.25, 0.3) is 0 Å². The second-order valence-electron chi connectivity index (χ2n) is 4.30. The van der Waals surface area contributed by atoms with Crippen molar-refractivity contribution in [1.82, 2.24) is 4.90 Å². The van der Waals surface area contributed by atoms with Crippen molar-refractivity contribution in [2.45, 2.75) is 30.5 Å². The molecule has 1 fully saturated rings. The van der Waals surface area contributed by atoms with Gasteiger partial charge in [0, 0.05) is 0 Å². The Hall–Kier alpha value is -0.710. The maximum absolute atomic E-state index is 12.0. The quantitative estimate of drug-likeness (QED) is 0.781. The van der Waals surface area contributed by atoms with Crippen molar-refractivity contribution < 1.29 is 13.9 Å². The molecule has 6 heteroatoms. The van der Waals surface area contributed by atoms with Gasteiger partial charge in [-0.25, -0.2) is 0 Å². The van der Waals surface area contributed by atoms with Gasteiger partial charge in [0.2, 0.25) is 0 Å². The van der Waals surface area contributed by atoms with E-state index >= 15 is 0 Å². The monoisotopic (exact) mass is 277 g/mol. The first kappa shape index (κ1) is 12.7. The maximum Gasteiger partial charge on any atom is 0.258 e. The van der Waals surface area contributed by atoms with Crippen LogP contribution in [0, 0.1) is 0 Å². The molecule has 1 aromatic heterocycles. The van der Waals surface area contributed by atoms with Crippen molar-refractivity contribution in [3.05, 3.63) is 24.2 Å². The van der Waals surface area contributed by atoms with Gasteiger partial charge in [-0.05, 0) is 26.0 Å². The van der Waals surface area contributed by atoms with Crippen molar-refractivity contribution in [3.63, 3.8) is 0 Å². The Bertz CT molecular complexity index is 403. The van der Waals surface area contributed by atoms with Gasteiger partial charge in [-0.15, -0.1) is 0 Å². The highest BCUT2D eigenvalue weighted by molar-refractivity contribution is 6.53. The number of ether oxygens (including phenoxy) is 1. The molecule has 0 spiro atoms. The van der Waals surface area contributed by atoms with Gasteiger partial charge in [-0.1, -0.05) is 23.2 Å². The van der Waals surface area contributed by atoms with E-state index in [1.165, 1.54) is 4.90 Å². The first-order valence-corrected chi connectivity index (χ1v) is 6.09. The molecule has 1 unspecified atom stereocenters. The third-order valence-electron chi connectivity index (χ3n) is 2.78. The molecule has 2 heterocycles. The van der Waals surface area contributed by atoms with Crippen molar-refractivity contribution in [3.8, 4) is 0 Å². The van der Waals surface area contributed by atoms with E-state index in [0.717, 1.165) is 0 Å². The smallest absolute Gasteiger partial charge is 0.258 e. The van der Waals surface area contributed by atoms with Gasteiger partial charge in [0.25, 0.3) is 5.91 Å². The third-order valence-corrected chi connectivity index (χ3v) is 3.16. The average molecular weight is 278 g/mol. The third kappa shape index (κ3) is 2.30. The summed E-state index contributed by atoms with van der Waals surface area (Å²) in [5.74, 6) is 0.287. The van der Waals surface area contributed by atoms with Gasteiger partial charge < -0.3 is 9.15 Å². The van der Waals surface area contributed by atoms with Crippen molar-refractivity contribution in [2.24, 2.45) is 0 Å². The summed E-state index contributed by atoms with van der Waals surface area (Å²) in [5, 5.41) is 0. The van der Waals surface area contributed by atoms with Gasteiger partial charge in [0.1, 0.15) is 17.5 Å². The maximum atomic E-state index is 12.0. The number of carbonyl (C=O) groups excluding carboxylic acids is 1. The van der Waals surface area contributed by atoms with E-state index in [-0.39, 0.29) is 11.9 Å². The second-order valence-corrected chi connectivity index (χ2v) is 5.39. The number of alkyl halides is 2. The molecule has 94 valence electrons. The Morgan fingerprint density at radius 3 is 2.82 bits per heavy atom. The van der Waals surface area contributed by atoms with Crippen molar-refractivity contribution in [1.29, 1.82) is 0 Å². The fraction of sp³-hybridized carbons (Fsp3) is 0.545. The minimum atomic E-state index is -1.10. The summed E-state index contributed by atoms with van der Waals surface area (Å²) in [6.07, 6.45) is 1.56. The van der Waals surface area contributed by atoms with E-state index in [0.29, 0.717) is 12.4 Å². The molecule has 4 nitrogen and oxygen atoms in total. The highest BCUT2D eigenvalue weighted by Gasteiger charge is 2.46. The molecule has 0 bridgehead atoms. The molecule has 1 aliphatic rings. The topological polar surface area (TPSA) is 42.7 Å². The summed E-state index contributed by atoms with van der Waals surface area (Å²) in [7, 11) is 0. The Balaban J connectivity index is 2.31. The number of furan rings is 1. The molecule has 0 saturated carbocycles. The van der Waals surface area contributed by atoms with Crippen LogP contribution in [0.1, 0.15) is 25.6 Å². The highest BCUT2D eigenvalue weighted by Crippen LogP contribution is 2.38. The van der Waals surface area contributed by atoms with Gasteiger partial charge >= 0.3 is 0 Å². The summed E-state index contributed by atoms with van der Waals surface area (Å²) in [4.78, 5) is 12.4. The SMILES string of the molecule is CC1(C)OCC(c2ccco2)N1C(=O)C(Cl)Cl. The number of hydrogen-bond acceptors (Lipinski definition) is 3. The lowest BCUT2D eigenvalue weighted by atomic mass is 10.1. The van der Waals surface area contributed by atoms with E-state index in [2.05, 4.69) is 0 Å². The van der Waals surface area contributed by atoms with E-state index < -0.39 is 10.6 Å². The van der Waals surface area contributed by atoms with Gasteiger partial charge in [0.15, 0.2) is 4.84 Å². The predicted molar refractivity (Wildman–Crippen MR) is 63.8 cm³/mol. The zero-order valence-corrected chi connectivity index (χ0v) is 11.0. The summed E-state index contributed by atoms with van der Waals surface area (Å²) >= 11 is 11.3. The lowest BCUT2D eigenvalue weighted by molar-refractivity contribution is -0.144. The number of halogens is 2. The molecule has 1 amide bonds. The number of carbonyl (C=O) groups is 1. The molecular formula is C11H13Cl2NO3. The number of hydrogen-bond donors (Lipinski definition) is 0. The van der Waals surface area contributed by atoms with Crippen LogP contribution in [0.15, 0.2) is 22.8 Å². The van der Waals surface area contributed by atoms with Crippen LogP contribution in [-0.4, -0.2) is 28.0 Å². The van der Waals surface area contributed by atoms with Gasteiger partial charge in [-0.3, -0.25) is 9.69 Å².